The molecule has 11 nitrogen and oxygen atoms in total. The summed E-state index contributed by atoms with van der Waals surface area (Å²) in [6, 6.07) is 6.59. The number of likely N-dealkylation sites (tertiary alicyclic amines) is 1. The molecule has 2 aromatic carbocycles. The van der Waals surface area contributed by atoms with Crippen LogP contribution in [0, 0.1) is 17.0 Å². The Labute approximate surface area is 301 Å². The van der Waals surface area contributed by atoms with E-state index in [1.807, 2.05) is 11.8 Å². The van der Waals surface area contributed by atoms with Crippen LogP contribution in [0.2, 0.25) is 0 Å². The molecule has 8 rings (SSSR count). The zero-order valence-corrected chi connectivity index (χ0v) is 30.1. The van der Waals surface area contributed by atoms with Gasteiger partial charge in [-0.25, -0.2) is 13.8 Å². The van der Waals surface area contributed by atoms with Crippen LogP contribution >= 0.6 is 0 Å². The second-order valence-corrected chi connectivity index (χ2v) is 15.2. The van der Waals surface area contributed by atoms with Gasteiger partial charge in [0.25, 0.3) is 0 Å². The van der Waals surface area contributed by atoms with Crippen molar-refractivity contribution in [2.24, 2.45) is 5.41 Å². The normalized spacial score (nSPS) is 26.9. The molecule has 2 N–H and O–H groups in total. The highest BCUT2D eigenvalue weighted by Gasteiger charge is 2.50. The van der Waals surface area contributed by atoms with Crippen molar-refractivity contribution in [3.63, 3.8) is 0 Å². The Morgan fingerprint density at radius 1 is 1.02 bits per heavy atom. The molecule has 1 saturated carbocycles. The average Bonchev–Trinajstić information content (AvgIpc) is 3.79. The van der Waals surface area contributed by atoms with Crippen LogP contribution in [0.5, 0.6) is 17.6 Å². The van der Waals surface area contributed by atoms with E-state index in [1.165, 1.54) is 25.3 Å². The van der Waals surface area contributed by atoms with Crippen molar-refractivity contribution in [2.75, 3.05) is 64.7 Å². The van der Waals surface area contributed by atoms with Gasteiger partial charge in [0.1, 0.15) is 39.6 Å². The van der Waals surface area contributed by atoms with Gasteiger partial charge < -0.3 is 34.1 Å². The number of aromatic hydroxyl groups is 1. The molecule has 1 aliphatic carbocycles. The third-order valence-electron chi connectivity index (χ3n) is 11.6. The van der Waals surface area contributed by atoms with Crippen molar-refractivity contribution in [2.45, 2.75) is 76.5 Å². The number of methoxy groups -OCH3 is 1. The van der Waals surface area contributed by atoms with Crippen LogP contribution < -0.4 is 14.4 Å². The number of β-amino-alcohol motifs (C(OH)–C–C–N with tert-alkyl or cyclic N) is 1. The molecule has 2 aromatic heterocycles. The number of aromatic nitrogens is 3. The summed E-state index contributed by atoms with van der Waals surface area (Å²) in [5, 5.41) is 23.1. The summed E-state index contributed by atoms with van der Waals surface area (Å²) in [6.07, 6.45) is 6.66. The molecule has 3 aliphatic heterocycles. The summed E-state index contributed by atoms with van der Waals surface area (Å²) in [4.78, 5) is 18.7. The number of phenolic OH excluding ortho intramolecular Hbond substituents is 1. The van der Waals surface area contributed by atoms with Crippen LogP contribution in [0.3, 0.4) is 0 Å². The van der Waals surface area contributed by atoms with E-state index in [2.05, 4.69) is 9.88 Å². The molecule has 0 amide bonds. The lowest BCUT2D eigenvalue weighted by Crippen LogP contribution is -2.55. The molecular formula is C39H47F2N5O6. The number of fused-ring (bicyclic) bond motifs is 3. The Balaban J connectivity index is 1.28. The summed E-state index contributed by atoms with van der Waals surface area (Å²) >= 11 is 0. The standard InChI is InChI=1S/C39H47F2N5O6/c1-4-26-28(40)9-8-23-17-25(47)18-27(30(23)26)33-32(41)34-31(36(42-33)49-3)35(45-14-16-51-21-38(2,48)20-45)44-37(43-34)52-22-39-11-5-7-29(39)46(13-6-12-39)24-10-15-50-19-24/h8-9,17-18,24,29,47-48H,4-7,10-16,19-22H2,1-3H3. The number of rotatable bonds is 8. The van der Waals surface area contributed by atoms with Gasteiger partial charge in [-0.15, -0.1) is 0 Å². The maximum Gasteiger partial charge on any atom is 0.319 e. The van der Waals surface area contributed by atoms with Crippen LogP contribution in [0.4, 0.5) is 14.6 Å². The number of phenols is 1. The molecule has 3 saturated heterocycles. The van der Waals surface area contributed by atoms with Gasteiger partial charge in [-0.05, 0) is 86.5 Å². The van der Waals surface area contributed by atoms with Crippen LogP contribution in [0.1, 0.15) is 57.9 Å². The summed E-state index contributed by atoms with van der Waals surface area (Å²) in [7, 11) is 1.43. The largest absolute Gasteiger partial charge is 0.508 e. The molecule has 13 heteroatoms. The Kier molecular flexibility index (Phi) is 9.34. The number of piperidine rings is 1. The fourth-order valence-corrected chi connectivity index (χ4v) is 9.31. The number of nitrogens with zero attached hydrogens (tertiary/aromatic N) is 5. The molecule has 0 radical (unpaired) electrons. The lowest BCUT2D eigenvalue weighted by molar-refractivity contribution is -0.0241. The number of benzene rings is 2. The van der Waals surface area contributed by atoms with Gasteiger partial charge in [0.2, 0.25) is 5.88 Å². The predicted molar refractivity (Wildman–Crippen MR) is 192 cm³/mol. The SMILES string of the molecule is CCc1c(F)ccc2cc(O)cc(-c3nc(OC)c4c(N5CCOCC(C)(O)C5)nc(OCC56CCCC5N(C5CCOC5)CCC6)nc4c3F)c12. The summed E-state index contributed by atoms with van der Waals surface area (Å²) in [5.41, 5.74) is -0.970. The van der Waals surface area contributed by atoms with E-state index in [0.29, 0.717) is 60.4 Å². The fourth-order valence-electron chi connectivity index (χ4n) is 9.31. The molecule has 0 spiro atoms. The molecule has 52 heavy (non-hydrogen) atoms. The Hall–Kier alpha value is -3.91. The lowest BCUT2D eigenvalue weighted by atomic mass is 9.75. The van der Waals surface area contributed by atoms with E-state index in [-0.39, 0.29) is 58.4 Å². The van der Waals surface area contributed by atoms with Gasteiger partial charge in [0.05, 0.1) is 40.1 Å². The van der Waals surface area contributed by atoms with Gasteiger partial charge in [-0.2, -0.15) is 9.97 Å². The number of ether oxygens (including phenoxy) is 4. The van der Waals surface area contributed by atoms with Gasteiger partial charge in [0.15, 0.2) is 5.82 Å². The second-order valence-electron chi connectivity index (χ2n) is 15.2. The van der Waals surface area contributed by atoms with E-state index in [1.54, 1.807) is 13.0 Å². The van der Waals surface area contributed by atoms with Crippen LogP contribution in [0.25, 0.3) is 32.9 Å². The fraction of sp³-hybridized carbons (Fsp3) is 0.564. The summed E-state index contributed by atoms with van der Waals surface area (Å²) in [6.45, 7) is 7.40. The smallest absolute Gasteiger partial charge is 0.319 e. The number of aliphatic hydroxyl groups is 1. The molecule has 0 bridgehead atoms. The average molecular weight is 720 g/mol. The minimum atomic E-state index is -1.22. The first kappa shape index (κ1) is 35.1. The monoisotopic (exact) mass is 719 g/mol. The zero-order valence-electron chi connectivity index (χ0n) is 30.1. The minimum absolute atomic E-state index is 0.00724. The first-order chi connectivity index (χ1) is 25.1. The third kappa shape index (κ3) is 6.18. The molecule has 4 unspecified atom stereocenters. The predicted octanol–water partition coefficient (Wildman–Crippen LogP) is 5.79. The molecule has 5 heterocycles. The van der Waals surface area contributed by atoms with E-state index in [0.717, 1.165) is 58.3 Å². The van der Waals surface area contributed by atoms with E-state index < -0.39 is 17.2 Å². The number of anilines is 1. The van der Waals surface area contributed by atoms with Gasteiger partial charge in [-0.1, -0.05) is 19.4 Å². The number of hydrogen-bond acceptors (Lipinski definition) is 11. The first-order valence-corrected chi connectivity index (χ1v) is 18.5. The van der Waals surface area contributed by atoms with E-state index in [4.69, 9.17) is 28.9 Å². The van der Waals surface area contributed by atoms with Crippen LogP contribution in [-0.4, -0.2) is 108 Å². The minimum Gasteiger partial charge on any atom is -0.508 e. The number of hydrogen-bond donors (Lipinski definition) is 2. The van der Waals surface area contributed by atoms with Crippen LogP contribution in [0.15, 0.2) is 24.3 Å². The van der Waals surface area contributed by atoms with Crippen molar-refractivity contribution in [3.05, 3.63) is 41.5 Å². The number of pyridine rings is 1. The molecule has 4 aliphatic rings. The number of aryl methyl sites for hydroxylation is 1. The Morgan fingerprint density at radius 3 is 2.65 bits per heavy atom. The molecule has 4 atom stereocenters. The van der Waals surface area contributed by atoms with Crippen molar-refractivity contribution < 1.29 is 37.9 Å². The van der Waals surface area contributed by atoms with Crippen molar-refractivity contribution >= 4 is 27.5 Å². The first-order valence-electron chi connectivity index (χ1n) is 18.5. The summed E-state index contributed by atoms with van der Waals surface area (Å²) < 4.78 is 56.4. The quantitative estimate of drug-likeness (QED) is 0.230. The second kappa shape index (κ2) is 13.8. The van der Waals surface area contributed by atoms with E-state index in [9.17, 15) is 10.2 Å². The maximum atomic E-state index is 17.3. The Morgan fingerprint density at radius 2 is 1.87 bits per heavy atom. The molecular weight excluding hydrogens is 672 g/mol. The van der Waals surface area contributed by atoms with Crippen LogP contribution in [-0.2, 0) is 15.9 Å². The van der Waals surface area contributed by atoms with Crippen molar-refractivity contribution in [1.82, 2.24) is 19.9 Å². The molecule has 278 valence electrons. The third-order valence-corrected chi connectivity index (χ3v) is 11.6. The highest BCUT2D eigenvalue weighted by Crippen LogP contribution is 2.49. The van der Waals surface area contributed by atoms with Gasteiger partial charge in [-0.3, -0.25) is 4.90 Å². The van der Waals surface area contributed by atoms with Crippen molar-refractivity contribution in [1.29, 1.82) is 0 Å². The zero-order chi connectivity index (χ0) is 36.2. The highest BCUT2D eigenvalue weighted by atomic mass is 19.1. The lowest BCUT2D eigenvalue weighted by Gasteiger charge is -2.48. The Bertz CT molecular complexity index is 1990. The van der Waals surface area contributed by atoms with Crippen molar-refractivity contribution in [3.8, 4) is 28.9 Å². The van der Waals surface area contributed by atoms with E-state index >= 15 is 8.78 Å². The summed E-state index contributed by atoms with van der Waals surface area (Å²) in [5.74, 6) is -0.999. The topological polar surface area (TPSA) is 123 Å². The van der Waals surface area contributed by atoms with Gasteiger partial charge >= 0.3 is 6.01 Å². The highest BCUT2D eigenvalue weighted by molar-refractivity contribution is 6.03. The maximum absolute atomic E-state index is 17.3. The number of halogens is 2. The van der Waals surface area contributed by atoms with Gasteiger partial charge in [0, 0.05) is 36.2 Å². The molecule has 4 fully saturated rings. The molecule has 4 aromatic rings.